The Balaban J connectivity index is 0.00000676. The Morgan fingerprint density at radius 1 is 1.07 bits per heavy atom. The van der Waals surface area contributed by atoms with Crippen molar-refractivity contribution >= 4 is 34.0 Å². The first kappa shape index (κ1) is 25.7. The second-order valence-electron chi connectivity index (χ2n) is 7.12. The number of amides is 1. The van der Waals surface area contributed by atoms with E-state index in [1.54, 1.807) is 20.8 Å². The van der Waals surface area contributed by atoms with Gasteiger partial charge >= 0.3 is 0 Å². The van der Waals surface area contributed by atoms with Crippen LogP contribution in [0.25, 0.3) is 0 Å². The smallest absolute Gasteiger partial charge is 0.244 e. The van der Waals surface area contributed by atoms with Crippen LogP contribution in [0.4, 0.5) is 14.5 Å². The fraction of sp³-hybridized carbons (Fsp3) is 0.588. The highest BCUT2D eigenvalue weighted by molar-refractivity contribution is 7.89. The SMILES string of the molecule is CC(C)(C)NS(=O)(=O)c1cc(NC(=O)CCCCCCN)c(F)cc1F.Cl. The lowest BCUT2D eigenvalue weighted by atomic mass is 10.1. The van der Waals surface area contributed by atoms with E-state index in [4.69, 9.17) is 5.73 Å². The Morgan fingerprint density at radius 2 is 1.67 bits per heavy atom. The van der Waals surface area contributed by atoms with Crippen molar-refractivity contribution in [1.82, 2.24) is 4.72 Å². The van der Waals surface area contributed by atoms with Crippen molar-refractivity contribution in [2.24, 2.45) is 5.73 Å². The Bertz CT molecular complexity index is 738. The summed E-state index contributed by atoms with van der Waals surface area (Å²) < 4.78 is 54.8. The van der Waals surface area contributed by atoms with E-state index >= 15 is 0 Å². The van der Waals surface area contributed by atoms with Crippen molar-refractivity contribution in [3.8, 4) is 0 Å². The number of halogens is 3. The van der Waals surface area contributed by atoms with Crippen LogP contribution in [0.3, 0.4) is 0 Å². The molecule has 10 heteroatoms. The molecule has 0 aliphatic heterocycles. The molecule has 1 aromatic rings. The molecule has 0 bridgehead atoms. The molecule has 1 rings (SSSR count). The predicted octanol–water partition coefficient (Wildman–Crippen LogP) is 3.31. The highest BCUT2D eigenvalue weighted by Gasteiger charge is 2.26. The molecular formula is C17H28ClF2N3O3S. The van der Waals surface area contributed by atoms with Crippen molar-refractivity contribution in [2.75, 3.05) is 11.9 Å². The molecule has 0 radical (unpaired) electrons. The third kappa shape index (κ3) is 8.96. The normalized spacial score (nSPS) is 11.8. The molecule has 0 spiro atoms. The van der Waals surface area contributed by atoms with Crippen LogP contribution in [0, 0.1) is 11.6 Å². The van der Waals surface area contributed by atoms with Gasteiger partial charge in [0, 0.05) is 18.0 Å². The van der Waals surface area contributed by atoms with E-state index in [1.165, 1.54) is 0 Å². The Hall–Kier alpha value is -1.29. The summed E-state index contributed by atoms with van der Waals surface area (Å²) in [4.78, 5) is 11.2. The number of nitrogens with one attached hydrogen (secondary N) is 2. The van der Waals surface area contributed by atoms with Gasteiger partial charge in [0.25, 0.3) is 0 Å². The number of carbonyl (C=O) groups excluding carboxylic acids is 1. The van der Waals surface area contributed by atoms with Gasteiger partial charge in [-0.3, -0.25) is 4.79 Å². The van der Waals surface area contributed by atoms with Gasteiger partial charge in [0.2, 0.25) is 15.9 Å². The number of sulfonamides is 1. The van der Waals surface area contributed by atoms with E-state index < -0.39 is 38.0 Å². The van der Waals surface area contributed by atoms with E-state index in [9.17, 15) is 22.0 Å². The first-order valence-corrected chi connectivity index (χ1v) is 9.97. The number of rotatable bonds is 9. The van der Waals surface area contributed by atoms with Crippen molar-refractivity contribution in [3.63, 3.8) is 0 Å². The monoisotopic (exact) mass is 427 g/mol. The van der Waals surface area contributed by atoms with Gasteiger partial charge in [-0.15, -0.1) is 12.4 Å². The van der Waals surface area contributed by atoms with Gasteiger partial charge in [-0.05, 0) is 46.2 Å². The third-order valence-electron chi connectivity index (χ3n) is 3.38. The zero-order valence-electron chi connectivity index (χ0n) is 15.8. The molecule has 0 saturated carbocycles. The summed E-state index contributed by atoms with van der Waals surface area (Å²) >= 11 is 0. The fourth-order valence-corrected chi connectivity index (χ4v) is 3.79. The molecule has 0 fully saturated rings. The number of hydrogen-bond acceptors (Lipinski definition) is 4. The number of hydrogen-bond donors (Lipinski definition) is 3. The zero-order valence-corrected chi connectivity index (χ0v) is 17.4. The molecule has 0 atom stereocenters. The molecule has 0 saturated heterocycles. The van der Waals surface area contributed by atoms with Gasteiger partial charge in [0.15, 0.2) is 0 Å². The predicted molar refractivity (Wildman–Crippen MR) is 104 cm³/mol. The van der Waals surface area contributed by atoms with Crippen molar-refractivity contribution in [3.05, 3.63) is 23.8 Å². The van der Waals surface area contributed by atoms with Crippen LogP contribution >= 0.6 is 12.4 Å². The van der Waals surface area contributed by atoms with E-state index in [2.05, 4.69) is 10.0 Å². The summed E-state index contributed by atoms with van der Waals surface area (Å²) in [5.41, 5.74) is 4.17. The van der Waals surface area contributed by atoms with E-state index in [0.717, 1.165) is 25.3 Å². The van der Waals surface area contributed by atoms with Crippen LogP contribution < -0.4 is 15.8 Å². The summed E-state index contributed by atoms with van der Waals surface area (Å²) in [6.45, 7) is 5.38. The summed E-state index contributed by atoms with van der Waals surface area (Å²) in [6, 6.07) is 1.25. The second-order valence-corrected chi connectivity index (χ2v) is 8.77. The molecule has 0 unspecified atom stereocenters. The van der Waals surface area contributed by atoms with Gasteiger partial charge in [0.05, 0.1) is 5.69 Å². The van der Waals surface area contributed by atoms with Gasteiger partial charge in [0.1, 0.15) is 16.5 Å². The molecule has 6 nitrogen and oxygen atoms in total. The Kier molecular flexibility index (Phi) is 10.4. The van der Waals surface area contributed by atoms with Crippen LogP contribution in [0.1, 0.15) is 52.9 Å². The minimum absolute atomic E-state index is 0. The van der Waals surface area contributed by atoms with E-state index in [0.29, 0.717) is 19.0 Å². The molecule has 4 N–H and O–H groups in total. The van der Waals surface area contributed by atoms with Crippen LogP contribution in [0.5, 0.6) is 0 Å². The van der Waals surface area contributed by atoms with Gasteiger partial charge in [-0.1, -0.05) is 12.8 Å². The van der Waals surface area contributed by atoms with Gasteiger partial charge in [-0.25, -0.2) is 21.9 Å². The van der Waals surface area contributed by atoms with E-state index in [1.807, 2.05) is 0 Å². The van der Waals surface area contributed by atoms with Crippen LogP contribution in [-0.4, -0.2) is 26.4 Å². The zero-order chi connectivity index (χ0) is 20.0. The summed E-state index contributed by atoms with van der Waals surface area (Å²) in [6.07, 6.45) is 3.34. The first-order valence-electron chi connectivity index (χ1n) is 8.49. The Labute approximate surface area is 165 Å². The average molecular weight is 428 g/mol. The fourth-order valence-electron chi connectivity index (χ4n) is 2.29. The number of carbonyl (C=O) groups is 1. The molecule has 0 aromatic heterocycles. The summed E-state index contributed by atoms with van der Waals surface area (Å²) in [5.74, 6) is -2.72. The molecule has 0 aliphatic carbocycles. The number of nitrogens with two attached hydrogens (primary N) is 1. The number of unbranched alkanes of at least 4 members (excludes halogenated alkanes) is 3. The molecular weight excluding hydrogens is 400 g/mol. The third-order valence-corrected chi connectivity index (χ3v) is 5.16. The topological polar surface area (TPSA) is 101 Å². The number of benzene rings is 1. The molecule has 156 valence electrons. The highest BCUT2D eigenvalue weighted by Crippen LogP contribution is 2.24. The van der Waals surface area contributed by atoms with E-state index in [-0.39, 0.29) is 24.5 Å². The largest absolute Gasteiger partial charge is 0.330 e. The highest BCUT2D eigenvalue weighted by atomic mass is 35.5. The lowest BCUT2D eigenvalue weighted by Gasteiger charge is -2.21. The van der Waals surface area contributed by atoms with Crippen molar-refractivity contribution < 1.29 is 22.0 Å². The first-order chi connectivity index (χ1) is 12.0. The van der Waals surface area contributed by atoms with Gasteiger partial charge < -0.3 is 11.1 Å². The lowest BCUT2D eigenvalue weighted by Crippen LogP contribution is -2.40. The summed E-state index contributed by atoms with van der Waals surface area (Å²) in [5, 5.41) is 2.31. The van der Waals surface area contributed by atoms with Crippen LogP contribution in [0.15, 0.2) is 17.0 Å². The summed E-state index contributed by atoms with van der Waals surface area (Å²) in [7, 11) is -4.21. The maximum atomic E-state index is 14.0. The van der Waals surface area contributed by atoms with Crippen LogP contribution in [0.2, 0.25) is 0 Å². The van der Waals surface area contributed by atoms with Crippen LogP contribution in [-0.2, 0) is 14.8 Å². The molecule has 27 heavy (non-hydrogen) atoms. The molecule has 0 aliphatic rings. The standard InChI is InChI=1S/C17H27F2N3O3S.ClH/c1-17(2,3)22-26(24,25)15-11-14(12(18)10-13(15)19)21-16(23)8-6-4-5-7-9-20;/h10-11,22H,4-9,20H2,1-3H3,(H,21,23);1H. The average Bonchev–Trinajstić information content (AvgIpc) is 2.47. The Morgan fingerprint density at radius 3 is 2.22 bits per heavy atom. The second kappa shape index (κ2) is 10.9. The lowest BCUT2D eigenvalue weighted by molar-refractivity contribution is -0.116. The number of anilines is 1. The maximum absolute atomic E-state index is 14.0. The minimum Gasteiger partial charge on any atom is -0.330 e. The van der Waals surface area contributed by atoms with Crippen molar-refractivity contribution in [1.29, 1.82) is 0 Å². The molecule has 1 aromatic carbocycles. The van der Waals surface area contributed by atoms with Gasteiger partial charge in [-0.2, -0.15) is 0 Å². The quantitative estimate of drug-likeness (QED) is 0.526. The van der Waals surface area contributed by atoms with Crippen molar-refractivity contribution in [2.45, 2.75) is 63.3 Å². The minimum atomic E-state index is -4.21. The molecule has 1 amide bonds. The maximum Gasteiger partial charge on any atom is 0.244 e. The molecule has 0 heterocycles.